The van der Waals surface area contributed by atoms with Crippen molar-refractivity contribution < 1.29 is 19.1 Å². The van der Waals surface area contributed by atoms with E-state index in [4.69, 9.17) is 4.74 Å². The van der Waals surface area contributed by atoms with E-state index in [2.05, 4.69) is 20.6 Å². The zero-order valence-corrected chi connectivity index (χ0v) is 25.4. The molecule has 3 N–H and O–H groups in total. The molecule has 3 amide bonds. The molecular weight excluding hydrogens is 574 g/mol. The van der Waals surface area contributed by atoms with Gasteiger partial charge >= 0.3 is 0 Å². The van der Waals surface area contributed by atoms with E-state index in [0.717, 1.165) is 57.8 Å². The quantitative estimate of drug-likeness (QED) is 0.218. The van der Waals surface area contributed by atoms with Gasteiger partial charge in [-0.1, -0.05) is 43.2 Å². The van der Waals surface area contributed by atoms with Crippen LogP contribution >= 0.6 is 11.8 Å². The number of aromatic amines is 1. The van der Waals surface area contributed by atoms with Crippen molar-refractivity contribution in [2.75, 3.05) is 13.1 Å². The number of hydrogen-bond donors (Lipinski definition) is 3. The monoisotopic (exact) mass is 609 g/mol. The maximum Gasteiger partial charge on any atom is 0.251 e. The predicted octanol–water partition coefficient (Wildman–Crippen LogP) is 5.98. The van der Waals surface area contributed by atoms with Crippen molar-refractivity contribution >= 4 is 40.4 Å². The smallest absolute Gasteiger partial charge is 0.251 e. The average molecular weight is 610 g/mol. The molecule has 1 aliphatic carbocycles. The number of hydrogen-bond acceptors (Lipinski definition) is 6. The second-order valence-electron chi connectivity index (χ2n) is 12.2. The molecule has 4 heterocycles. The number of H-pyrrole nitrogens is 1. The topological polar surface area (TPSA) is 116 Å². The Hall–Kier alpha value is -4.31. The van der Waals surface area contributed by atoms with Crippen LogP contribution in [0, 0.1) is 5.41 Å². The summed E-state index contributed by atoms with van der Waals surface area (Å²) in [6, 6.07) is 16.1. The number of carbonyl (C=O) groups is 3. The number of pyridine rings is 1. The van der Waals surface area contributed by atoms with Gasteiger partial charge in [0.25, 0.3) is 5.91 Å². The highest BCUT2D eigenvalue weighted by molar-refractivity contribution is 7.99. The van der Waals surface area contributed by atoms with Gasteiger partial charge in [0.1, 0.15) is 17.5 Å². The van der Waals surface area contributed by atoms with Gasteiger partial charge in [-0.05, 0) is 74.1 Å². The summed E-state index contributed by atoms with van der Waals surface area (Å²) in [4.78, 5) is 51.7. The Bertz CT molecular complexity index is 1710. The minimum absolute atomic E-state index is 0.0558. The predicted molar refractivity (Wildman–Crippen MR) is 168 cm³/mol. The Morgan fingerprint density at radius 2 is 1.89 bits per heavy atom. The second-order valence-corrected chi connectivity index (χ2v) is 13.3. The van der Waals surface area contributed by atoms with E-state index in [1.807, 2.05) is 49.4 Å². The van der Waals surface area contributed by atoms with E-state index in [9.17, 15) is 14.4 Å². The largest absolute Gasteiger partial charge is 0.455 e. The van der Waals surface area contributed by atoms with Crippen LogP contribution in [0.1, 0.15) is 67.5 Å². The Balaban J connectivity index is 1.03. The molecule has 1 unspecified atom stereocenters. The van der Waals surface area contributed by atoms with Crippen molar-refractivity contribution in [2.24, 2.45) is 5.41 Å². The molecule has 2 aromatic carbocycles. The highest BCUT2D eigenvalue weighted by Crippen LogP contribution is 2.48. The number of fused-ring (bicyclic) bond motifs is 3. The first-order chi connectivity index (χ1) is 21.4. The minimum Gasteiger partial charge on any atom is -0.455 e. The standard InChI is InChI=1S/C34H35N5O4S/c1-21(25-15-23-18-35-14-11-24(23)38-25)37-33(42)26-17-34(12-5-2-6-13-34)20-39(26)31(40)19-36-32(41)22-9-10-30-28(16-22)43-27-7-3-4-8-29(27)44-30/h3-4,7-11,14-16,18,21,26,38H,2,5-6,12-13,17,19-20H2,1H3,(H,36,41)(H,37,42)/t21?,26-/m0/s1. The molecule has 0 radical (unpaired) electrons. The van der Waals surface area contributed by atoms with Crippen LogP contribution in [0.25, 0.3) is 10.9 Å². The lowest BCUT2D eigenvalue weighted by Crippen LogP contribution is -2.49. The molecule has 2 atom stereocenters. The summed E-state index contributed by atoms with van der Waals surface area (Å²) in [7, 11) is 0. The van der Waals surface area contributed by atoms with Crippen molar-refractivity contribution in [3.8, 4) is 11.5 Å². The van der Waals surface area contributed by atoms with Crippen LogP contribution in [-0.2, 0) is 9.59 Å². The van der Waals surface area contributed by atoms with Gasteiger partial charge in [0, 0.05) is 41.1 Å². The SMILES string of the molecule is CC(NC(=O)[C@@H]1CC2(CCCCC2)CN1C(=O)CNC(=O)c1ccc2c(c1)Oc1ccccc1S2)c1cc2cnccc2[nH]1. The maximum atomic E-state index is 13.7. The van der Waals surface area contributed by atoms with E-state index >= 15 is 0 Å². The summed E-state index contributed by atoms with van der Waals surface area (Å²) in [5.74, 6) is 0.597. The van der Waals surface area contributed by atoms with Gasteiger partial charge in [0.15, 0.2) is 0 Å². The van der Waals surface area contributed by atoms with E-state index in [0.29, 0.717) is 24.3 Å². The highest BCUT2D eigenvalue weighted by Gasteiger charge is 2.48. The first kappa shape index (κ1) is 28.5. The molecule has 2 aliphatic heterocycles. The van der Waals surface area contributed by atoms with Crippen molar-refractivity contribution in [2.45, 2.75) is 67.3 Å². The summed E-state index contributed by atoms with van der Waals surface area (Å²) >= 11 is 1.59. The number of benzene rings is 2. The first-order valence-electron chi connectivity index (χ1n) is 15.3. The van der Waals surface area contributed by atoms with Crippen LogP contribution in [-0.4, -0.2) is 51.7 Å². The van der Waals surface area contributed by atoms with E-state index in [1.54, 1.807) is 41.2 Å². The highest BCUT2D eigenvalue weighted by atomic mass is 32.2. The zero-order valence-electron chi connectivity index (χ0n) is 24.6. The molecule has 1 spiro atoms. The Morgan fingerprint density at radius 1 is 1.07 bits per heavy atom. The van der Waals surface area contributed by atoms with Gasteiger partial charge in [-0.15, -0.1) is 0 Å². The Morgan fingerprint density at radius 3 is 2.73 bits per heavy atom. The third-order valence-electron chi connectivity index (χ3n) is 9.21. The van der Waals surface area contributed by atoms with Gasteiger partial charge in [-0.2, -0.15) is 0 Å². The van der Waals surface area contributed by atoms with Crippen molar-refractivity contribution in [3.63, 3.8) is 0 Å². The zero-order chi connectivity index (χ0) is 30.3. The number of carbonyl (C=O) groups excluding carboxylic acids is 3. The number of amides is 3. The third-order valence-corrected chi connectivity index (χ3v) is 10.3. The average Bonchev–Trinajstić information content (AvgIpc) is 3.65. The summed E-state index contributed by atoms with van der Waals surface area (Å²) in [6.07, 6.45) is 9.57. The lowest BCUT2D eigenvalue weighted by atomic mass is 9.72. The fraction of sp³-hybridized carbons (Fsp3) is 0.353. The number of para-hydroxylation sites is 1. The maximum absolute atomic E-state index is 13.7. The summed E-state index contributed by atoms with van der Waals surface area (Å²) < 4.78 is 6.03. The van der Waals surface area contributed by atoms with Crippen LogP contribution in [0.3, 0.4) is 0 Å². The van der Waals surface area contributed by atoms with Gasteiger partial charge in [-0.25, -0.2) is 0 Å². The lowest BCUT2D eigenvalue weighted by molar-refractivity contribution is -0.138. The molecule has 10 heteroatoms. The van der Waals surface area contributed by atoms with Crippen molar-refractivity contribution in [1.29, 1.82) is 0 Å². The molecule has 9 nitrogen and oxygen atoms in total. The number of aromatic nitrogens is 2. The lowest BCUT2D eigenvalue weighted by Gasteiger charge is -2.33. The van der Waals surface area contributed by atoms with E-state index < -0.39 is 6.04 Å². The normalized spacial score (nSPS) is 19.1. The van der Waals surface area contributed by atoms with Crippen LogP contribution in [0.4, 0.5) is 0 Å². The van der Waals surface area contributed by atoms with Crippen LogP contribution in [0.2, 0.25) is 0 Å². The molecule has 7 rings (SSSR count). The van der Waals surface area contributed by atoms with E-state index in [-0.39, 0.29) is 35.7 Å². The second kappa shape index (κ2) is 11.6. The third kappa shape index (κ3) is 5.54. The molecule has 1 saturated heterocycles. The Labute approximate surface area is 260 Å². The van der Waals surface area contributed by atoms with Crippen molar-refractivity contribution in [1.82, 2.24) is 25.5 Å². The number of nitrogens with one attached hydrogen (secondary N) is 3. The number of nitrogens with zero attached hydrogens (tertiary/aromatic N) is 2. The summed E-state index contributed by atoms with van der Waals surface area (Å²) in [6.45, 7) is 2.29. The molecule has 0 bridgehead atoms. The minimum atomic E-state index is -0.583. The number of ether oxygens (including phenoxy) is 1. The molecular formula is C34H35N5O4S. The molecule has 1 saturated carbocycles. The molecule has 226 valence electrons. The number of likely N-dealkylation sites (tertiary alicyclic amines) is 1. The summed E-state index contributed by atoms with van der Waals surface area (Å²) in [5, 5.41) is 6.92. The van der Waals surface area contributed by atoms with E-state index in [1.165, 1.54) is 6.42 Å². The van der Waals surface area contributed by atoms with Crippen molar-refractivity contribution in [3.05, 3.63) is 78.2 Å². The number of rotatable bonds is 6. The summed E-state index contributed by atoms with van der Waals surface area (Å²) in [5.41, 5.74) is 2.20. The fourth-order valence-electron chi connectivity index (χ4n) is 6.86. The van der Waals surface area contributed by atoms with Gasteiger partial charge < -0.3 is 25.3 Å². The first-order valence-corrected chi connectivity index (χ1v) is 16.1. The molecule has 2 fully saturated rings. The van der Waals surface area contributed by atoms with Gasteiger partial charge in [0.2, 0.25) is 11.8 Å². The van der Waals surface area contributed by atoms with Gasteiger partial charge in [-0.3, -0.25) is 19.4 Å². The van der Waals surface area contributed by atoms with Crippen LogP contribution in [0.15, 0.2) is 76.8 Å². The fourth-order valence-corrected chi connectivity index (χ4v) is 7.79. The van der Waals surface area contributed by atoms with Gasteiger partial charge in [0.05, 0.1) is 22.4 Å². The Kier molecular flexibility index (Phi) is 7.53. The molecule has 2 aromatic heterocycles. The molecule has 3 aliphatic rings. The molecule has 44 heavy (non-hydrogen) atoms. The van der Waals surface area contributed by atoms with Crippen LogP contribution in [0.5, 0.6) is 11.5 Å². The van der Waals surface area contributed by atoms with Crippen LogP contribution < -0.4 is 15.4 Å². The molecule has 4 aromatic rings.